The van der Waals surface area contributed by atoms with Gasteiger partial charge in [0, 0.05) is 24.8 Å². The standard InChI is InChI=1S/C18H24N2/c1-4-20(16-10-7-8-14(2)12-16)13-18(19)17-11-6-5-9-15(17)3/h5-12,18H,4,13,19H2,1-3H3. The molecule has 20 heavy (non-hydrogen) atoms. The molecule has 2 N–H and O–H groups in total. The third-order valence-corrected chi connectivity index (χ3v) is 3.75. The van der Waals surface area contributed by atoms with Gasteiger partial charge in [0.1, 0.15) is 0 Å². The average molecular weight is 268 g/mol. The summed E-state index contributed by atoms with van der Waals surface area (Å²) in [7, 11) is 0. The van der Waals surface area contributed by atoms with E-state index in [0.29, 0.717) is 0 Å². The second-order valence-electron chi connectivity index (χ2n) is 5.34. The van der Waals surface area contributed by atoms with Crippen molar-refractivity contribution in [2.45, 2.75) is 26.8 Å². The Hall–Kier alpha value is -1.80. The van der Waals surface area contributed by atoms with Crippen LogP contribution in [0.3, 0.4) is 0 Å². The van der Waals surface area contributed by atoms with Crippen LogP contribution < -0.4 is 10.6 Å². The fourth-order valence-electron chi connectivity index (χ4n) is 2.58. The summed E-state index contributed by atoms with van der Waals surface area (Å²) in [6.45, 7) is 8.22. The van der Waals surface area contributed by atoms with Crippen molar-refractivity contribution < 1.29 is 0 Å². The van der Waals surface area contributed by atoms with Crippen molar-refractivity contribution in [2.24, 2.45) is 5.73 Å². The second kappa shape index (κ2) is 6.58. The van der Waals surface area contributed by atoms with E-state index in [-0.39, 0.29) is 6.04 Å². The summed E-state index contributed by atoms with van der Waals surface area (Å²) < 4.78 is 0. The lowest BCUT2D eigenvalue weighted by Crippen LogP contribution is -2.32. The van der Waals surface area contributed by atoms with Crippen LogP contribution in [0, 0.1) is 13.8 Å². The molecule has 1 atom stereocenters. The maximum Gasteiger partial charge on any atom is 0.0475 e. The van der Waals surface area contributed by atoms with Crippen molar-refractivity contribution in [3.63, 3.8) is 0 Å². The van der Waals surface area contributed by atoms with Gasteiger partial charge in [-0.1, -0.05) is 36.4 Å². The van der Waals surface area contributed by atoms with Crippen LogP contribution in [0.2, 0.25) is 0 Å². The van der Waals surface area contributed by atoms with E-state index in [0.717, 1.165) is 13.1 Å². The van der Waals surface area contributed by atoms with Crippen molar-refractivity contribution in [2.75, 3.05) is 18.0 Å². The number of nitrogens with two attached hydrogens (primary N) is 1. The number of hydrogen-bond donors (Lipinski definition) is 1. The number of aryl methyl sites for hydroxylation is 2. The summed E-state index contributed by atoms with van der Waals surface area (Å²) in [4.78, 5) is 2.34. The number of nitrogens with zero attached hydrogens (tertiary/aromatic N) is 1. The minimum Gasteiger partial charge on any atom is -0.370 e. The van der Waals surface area contributed by atoms with Gasteiger partial charge >= 0.3 is 0 Å². The van der Waals surface area contributed by atoms with Crippen LogP contribution in [0.15, 0.2) is 48.5 Å². The molecular weight excluding hydrogens is 244 g/mol. The van der Waals surface area contributed by atoms with Crippen LogP contribution >= 0.6 is 0 Å². The molecule has 0 heterocycles. The van der Waals surface area contributed by atoms with E-state index < -0.39 is 0 Å². The normalized spacial score (nSPS) is 12.2. The van der Waals surface area contributed by atoms with E-state index in [1.807, 2.05) is 0 Å². The highest BCUT2D eigenvalue weighted by molar-refractivity contribution is 5.49. The molecule has 2 nitrogen and oxygen atoms in total. The van der Waals surface area contributed by atoms with Gasteiger partial charge in [-0.15, -0.1) is 0 Å². The summed E-state index contributed by atoms with van der Waals surface area (Å²) in [6, 6.07) is 17.0. The highest BCUT2D eigenvalue weighted by Crippen LogP contribution is 2.21. The molecule has 0 fully saturated rings. The third kappa shape index (κ3) is 3.40. The van der Waals surface area contributed by atoms with Crippen LogP contribution in [0.25, 0.3) is 0 Å². The molecule has 2 heteroatoms. The molecule has 0 bridgehead atoms. The van der Waals surface area contributed by atoms with E-state index >= 15 is 0 Å². The molecule has 0 amide bonds. The minimum atomic E-state index is 0.0386. The van der Waals surface area contributed by atoms with E-state index in [4.69, 9.17) is 5.73 Å². The number of anilines is 1. The van der Waals surface area contributed by atoms with Crippen LogP contribution in [0.1, 0.15) is 29.7 Å². The summed E-state index contributed by atoms with van der Waals surface area (Å²) in [6.07, 6.45) is 0. The lowest BCUT2D eigenvalue weighted by Gasteiger charge is -2.27. The molecular formula is C18H24N2. The zero-order valence-corrected chi connectivity index (χ0v) is 12.6. The molecule has 1 unspecified atom stereocenters. The van der Waals surface area contributed by atoms with Gasteiger partial charge < -0.3 is 10.6 Å². The molecule has 0 saturated carbocycles. The molecule has 2 aromatic carbocycles. The molecule has 2 rings (SSSR count). The van der Waals surface area contributed by atoms with Crippen LogP contribution in [0.4, 0.5) is 5.69 Å². The van der Waals surface area contributed by atoms with Crippen LogP contribution in [0.5, 0.6) is 0 Å². The maximum atomic E-state index is 6.41. The predicted molar refractivity (Wildman–Crippen MR) is 87.2 cm³/mol. The molecule has 0 aliphatic carbocycles. The Labute approximate surface area is 122 Å². The molecule has 2 aromatic rings. The quantitative estimate of drug-likeness (QED) is 0.893. The Bertz CT molecular complexity index is 563. The summed E-state index contributed by atoms with van der Waals surface area (Å²) >= 11 is 0. The van der Waals surface area contributed by atoms with Crippen molar-refractivity contribution in [3.05, 3.63) is 65.2 Å². The van der Waals surface area contributed by atoms with Gasteiger partial charge in [0.2, 0.25) is 0 Å². The van der Waals surface area contributed by atoms with Gasteiger partial charge in [0.15, 0.2) is 0 Å². The Morgan fingerprint density at radius 1 is 1.05 bits per heavy atom. The summed E-state index contributed by atoms with van der Waals surface area (Å²) in [5.41, 5.74) is 11.4. The molecule has 0 aliphatic heterocycles. The van der Waals surface area contributed by atoms with Crippen molar-refractivity contribution >= 4 is 5.69 Å². The Balaban J connectivity index is 2.16. The summed E-state index contributed by atoms with van der Waals surface area (Å²) in [5.74, 6) is 0. The first kappa shape index (κ1) is 14.6. The van der Waals surface area contributed by atoms with Gasteiger partial charge in [-0.3, -0.25) is 0 Å². The zero-order valence-electron chi connectivity index (χ0n) is 12.6. The number of hydrogen-bond acceptors (Lipinski definition) is 2. The predicted octanol–water partition coefficient (Wildman–Crippen LogP) is 3.83. The molecule has 0 saturated heterocycles. The second-order valence-corrected chi connectivity index (χ2v) is 5.34. The van der Waals surface area contributed by atoms with Gasteiger partial charge in [-0.2, -0.15) is 0 Å². The third-order valence-electron chi connectivity index (χ3n) is 3.75. The van der Waals surface area contributed by atoms with Crippen molar-refractivity contribution in [1.29, 1.82) is 0 Å². The highest BCUT2D eigenvalue weighted by atomic mass is 15.1. The number of likely N-dealkylation sites (N-methyl/N-ethyl adjacent to an activating group) is 1. The van der Waals surface area contributed by atoms with E-state index in [1.165, 1.54) is 22.4 Å². The maximum absolute atomic E-state index is 6.41. The molecule has 0 radical (unpaired) electrons. The van der Waals surface area contributed by atoms with E-state index in [9.17, 15) is 0 Å². The number of benzene rings is 2. The first-order chi connectivity index (χ1) is 9.61. The van der Waals surface area contributed by atoms with Gasteiger partial charge in [-0.05, 0) is 49.6 Å². The SMILES string of the molecule is CCN(CC(N)c1ccccc1C)c1cccc(C)c1. The van der Waals surface area contributed by atoms with Crippen LogP contribution in [-0.4, -0.2) is 13.1 Å². The number of rotatable bonds is 5. The Morgan fingerprint density at radius 3 is 2.45 bits per heavy atom. The topological polar surface area (TPSA) is 29.3 Å². The van der Waals surface area contributed by atoms with Gasteiger partial charge in [-0.25, -0.2) is 0 Å². The monoisotopic (exact) mass is 268 g/mol. The van der Waals surface area contributed by atoms with E-state index in [2.05, 4.69) is 74.2 Å². The lowest BCUT2D eigenvalue weighted by atomic mass is 10.0. The van der Waals surface area contributed by atoms with Crippen molar-refractivity contribution in [1.82, 2.24) is 0 Å². The first-order valence-corrected chi connectivity index (χ1v) is 7.24. The molecule has 0 aliphatic rings. The molecule has 0 aromatic heterocycles. The molecule has 106 valence electrons. The lowest BCUT2D eigenvalue weighted by molar-refractivity contribution is 0.673. The Kier molecular flexibility index (Phi) is 4.80. The fourth-order valence-corrected chi connectivity index (χ4v) is 2.58. The first-order valence-electron chi connectivity index (χ1n) is 7.24. The smallest absolute Gasteiger partial charge is 0.0475 e. The zero-order chi connectivity index (χ0) is 14.5. The fraction of sp³-hybridized carbons (Fsp3) is 0.333. The van der Waals surface area contributed by atoms with Crippen LogP contribution in [-0.2, 0) is 0 Å². The minimum absolute atomic E-state index is 0.0386. The molecule has 0 spiro atoms. The Morgan fingerprint density at radius 2 is 1.80 bits per heavy atom. The highest BCUT2D eigenvalue weighted by Gasteiger charge is 2.13. The average Bonchev–Trinajstić information content (AvgIpc) is 2.45. The summed E-state index contributed by atoms with van der Waals surface area (Å²) in [5, 5.41) is 0. The van der Waals surface area contributed by atoms with Gasteiger partial charge in [0.25, 0.3) is 0 Å². The van der Waals surface area contributed by atoms with E-state index in [1.54, 1.807) is 0 Å². The largest absolute Gasteiger partial charge is 0.370 e. The van der Waals surface area contributed by atoms with Gasteiger partial charge in [0.05, 0.1) is 0 Å². The van der Waals surface area contributed by atoms with Crippen molar-refractivity contribution in [3.8, 4) is 0 Å².